The van der Waals surface area contributed by atoms with Crippen LogP contribution in [0.1, 0.15) is 24.0 Å². The van der Waals surface area contributed by atoms with E-state index in [9.17, 15) is 4.39 Å². The SMILES string of the molecule is N#Cc1ccc(F)cc1CNCCN1CCCC1. The number of halogens is 1. The molecule has 4 heteroatoms. The molecule has 2 rings (SSSR count). The summed E-state index contributed by atoms with van der Waals surface area (Å²) in [6, 6.07) is 6.38. The first-order valence-electron chi connectivity index (χ1n) is 6.41. The number of nitrogens with zero attached hydrogens (tertiary/aromatic N) is 2. The summed E-state index contributed by atoms with van der Waals surface area (Å²) >= 11 is 0. The summed E-state index contributed by atoms with van der Waals surface area (Å²) in [5.74, 6) is -0.287. The van der Waals surface area contributed by atoms with E-state index >= 15 is 0 Å². The van der Waals surface area contributed by atoms with E-state index in [-0.39, 0.29) is 5.82 Å². The molecule has 0 atom stereocenters. The van der Waals surface area contributed by atoms with Crippen molar-refractivity contribution in [3.63, 3.8) is 0 Å². The predicted octanol–water partition coefficient (Wildman–Crippen LogP) is 1.88. The van der Waals surface area contributed by atoms with Gasteiger partial charge in [-0.05, 0) is 49.7 Å². The molecule has 96 valence electrons. The van der Waals surface area contributed by atoms with Crippen molar-refractivity contribution >= 4 is 0 Å². The highest BCUT2D eigenvalue weighted by atomic mass is 19.1. The summed E-state index contributed by atoms with van der Waals surface area (Å²) in [6.45, 7) is 4.82. The van der Waals surface area contributed by atoms with Crippen LogP contribution in [-0.2, 0) is 6.54 Å². The van der Waals surface area contributed by atoms with Crippen LogP contribution in [0.5, 0.6) is 0 Å². The molecule has 18 heavy (non-hydrogen) atoms. The lowest BCUT2D eigenvalue weighted by molar-refractivity contribution is 0.335. The van der Waals surface area contributed by atoms with Crippen LogP contribution in [0, 0.1) is 17.1 Å². The summed E-state index contributed by atoms with van der Waals surface area (Å²) in [7, 11) is 0. The molecule has 0 aromatic heterocycles. The minimum absolute atomic E-state index is 0.287. The van der Waals surface area contributed by atoms with Gasteiger partial charge in [-0.2, -0.15) is 5.26 Å². The van der Waals surface area contributed by atoms with Crippen LogP contribution in [0.25, 0.3) is 0 Å². The highest BCUT2D eigenvalue weighted by Crippen LogP contribution is 2.10. The standard InChI is InChI=1S/C14H18FN3/c15-14-4-3-12(10-16)13(9-14)11-17-5-8-18-6-1-2-7-18/h3-4,9,17H,1-2,5-8,11H2. The zero-order chi connectivity index (χ0) is 12.8. The fraction of sp³-hybridized carbons (Fsp3) is 0.500. The molecule has 1 heterocycles. The van der Waals surface area contributed by atoms with Gasteiger partial charge in [0.15, 0.2) is 0 Å². The Morgan fingerprint density at radius 2 is 2.11 bits per heavy atom. The lowest BCUT2D eigenvalue weighted by atomic mass is 10.1. The maximum atomic E-state index is 13.1. The maximum Gasteiger partial charge on any atom is 0.123 e. The fourth-order valence-corrected chi connectivity index (χ4v) is 2.28. The summed E-state index contributed by atoms with van der Waals surface area (Å²) in [5.41, 5.74) is 1.28. The van der Waals surface area contributed by atoms with Crippen molar-refractivity contribution in [1.29, 1.82) is 5.26 Å². The van der Waals surface area contributed by atoms with E-state index in [1.165, 1.54) is 44.1 Å². The number of likely N-dealkylation sites (tertiary alicyclic amines) is 1. The first-order valence-corrected chi connectivity index (χ1v) is 6.41. The highest BCUT2D eigenvalue weighted by Gasteiger charge is 2.10. The van der Waals surface area contributed by atoms with Crippen LogP contribution in [0.2, 0.25) is 0 Å². The Hall–Kier alpha value is -1.44. The maximum absolute atomic E-state index is 13.1. The molecule has 1 aromatic carbocycles. The van der Waals surface area contributed by atoms with Gasteiger partial charge in [0.2, 0.25) is 0 Å². The van der Waals surface area contributed by atoms with Crippen molar-refractivity contribution in [1.82, 2.24) is 10.2 Å². The molecular formula is C14H18FN3. The van der Waals surface area contributed by atoms with Gasteiger partial charge in [0.1, 0.15) is 5.82 Å². The van der Waals surface area contributed by atoms with E-state index < -0.39 is 0 Å². The third-order valence-corrected chi connectivity index (χ3v) is 3.31. The van der Waals surface area contributed by atoms with Crippen molar-refractivity contribution in [2.24, 2.45) is 0 Å². The molecule has 1 aliphatic heterocycles. The number of hydrogen-bond donors (Lipinski definition) is 1. The molecular weight excluding hydrogens is 229 g/mol. The average molecular weight is 247 g/mol. The van der Waals surface area contributed by atoms with Crippen molar-refractivity contribution in [3.8, 4) is 6.07 Å². The highest BCUT2D eigenvalue weighted by molar-refractivity contribution is 5.37. The molecule has 0 aliphatic carbocycles. The quantitative estimate of drug-likeness (QED) is 0.807. The molecule has 3 nitrogen and oxygen atoms in total. The third kappa shape index (κ3) is 3.52. The minimum atomic E-state index is -0.287. The number of rotatable bonds is 5. The van der Waals surface area contributed by atoms with Gasteiger partial charge >= 0.3 is 0 Å². The Kier molecular flexibility index (Phi) is 4.68. The number of hydrogen-bond acceptors (Lipinski definition) is 3. The Morgan fingerprint density at radius 3 is 2.83 bits per heavy atom. The Morgan fingerprint density at radius 1 is 1.33 bits per heavy atom. The Labute approximate surface area is 107 Å². The van der Waals surface area contributed by atoms with Crippen molar-refractivity contribution in [3.05, 3.63) is 35.1 Å². The summed E-state index contributed by atoms with van der Waals surface area (Å²) in [4.78, 5) is 2.42. The van der Waals surface area contributed by atoms with Crippen LogP contribution in [-0.4, -0.2) is 31.1 Å². The van der Waals surface area contributed by atoms with Gasteiger partial charge in [0, 0.05) is 19.6 Å². The summed E-state index contributed by atoms with van der Waals surface area (Å²) < 4.78 is 13.1. The lowest BCUT2D eigenvalue weighted by Gasteiger charge is -2.15. The smallest absolute Gasteiger partial charge is 0.123 e. The topological polar surface area (TPSA) is 39.1 Å². The first-order chi connectivity index (χ1) is 8.79. The minimum Gasteiger partial charge on any atom is -0.311 e. The third-order valence-electron chi connectivity index (χ3n) is 3.31. The van der Waals surface area contributed by atoms with Crippen molar-refractivity contribution in [2.75, 3.05) is 26.2 Å². The zero-order valence-electron chi connectivity index (χ0n) is 10.5. The molecule has 1 aromatic rings. The zero-order valence-corrected chi connectivity index (χ0v) is 10.5. The van der Waals surface area contributed by atoms with Gasteiger partial charge in [0.05, 0.1) is 11.6 Å². The Balaban J connectivity index is 1.79. The van der Waals surface area contributed by atoms with E-state index in [0.717, 1.165) is 18.7 Å². The van der Waals surface area contributed by atoms with E-state index in [0.29, 0.717) is 12.1 Å². The van der Waals surface area contributed by atoms with Gasteiger partial charge in [0.25, 0.3) is 0 Å². The molecule has 1 fully saturated rings. The van der Waals surface area contributed by atoms with Crippen LogP contribution in [0.15, 0.2) is 18.2 Å². The van der Waals surface area contributed by atoms with Gasteiger partial charge in [-0.1, -0.05) is 0 Å². The number of benzene rings is 1. The van der Waals surface area contributed by atoms with E-state index in [1.54, 1.807) is 0 Å². The van der Waals surface area contributed by atoms with Gasteiger partial charge < -0.3 is 10.2 Å². The second-order valence-corrected chi connectivity index (χ2v) is 4.64. The van der Waals surface area contributed by atoms with Crippen LogP contribution in [0.4, 0.5) is 4.39 Å². The Bertz CT molecular complexity index is 433. The second-order valence-electron chi connectivity index (χ2n) is 4.64. The largest absolute Gasteiger partial charge is 0.311 e. The van der Waals surface area contributed by atoms with Crippen molar-refractivity contribution < 1.29 is 4.39 Å². The first kappa shape index (κ1) is 13.0. The van der Waals surface area contributed by atoms with Gasteiger partial charge in [-0.15, -0.1) is 0 Å². The molecule has 1 saturated heterocycles. The molecule has 0 radical (unpaired) electrons. The van der Waals surface area contributed by atoms with Crippen LogP contribution >= 0.6 is 0 Å². The molecule has 0 bridgehead atoms. The summed E-state index contributed by atoms with van der Waals surface area (Å²) in [5, 5.41) is 12.2. The lowest BCUT2D eigenvalue weighted by Crippen LogP contribution is -2.29. The van der Waals surface area contributed by atoms with Gasteiger partial charge in [-0.25, -0.2) is 4.39 Å². The monoisotopic (exact) mass is 247 g/mol. The number of nitriles is 1. The van der Waals surface area contributed by atoms with Gasteiger partial charge in [-0.3, -0.25) is 0 Å². The second kappa shape index (κ2) is 6.48. The van der Waals surface area contributed by atoms with E-state index in [4.69, 9.17) is 5.26 Å². The molecule has 0 amide bonds. The molecule has 1 aliphatic rings. The van der Waals surface area contributed by atoms with E-state index in [1.807, 2.05) is 0 Å². The van der Waals surface area contributed by atoms with Crippen molar-refractivity contribution in [2.45, 2.75) is 19.4 Å². The molecule has 0 spiro atoms. The molecule has 0 unspecified atom stereocenters. The normalized spacial score (nSPS) is 15.8. The fourth-order valence-electron chi connectivity index (χ4n) is 2.28. The molecule has 0 saturated carbocycles. The van der Waals surface area contributed by atoms with Crippen LogP contribution < -0.4 is 5.32 Å². The predicted molar refractivity (Wildman–Crippen MR) is 68.5 cm³/mol. The van der Waals surface area contributed by atoms with Crippen LogP contribution in [0.3, 0.4) is 0 Å². The molecule has 1 N–H and O–H groups in total. The number of nitrogens with one attached hydrogen (secondary N) is 1. The summed E-state index contributed by atoms with van der Waals surface area (Å²) in [6.07, 6.45) is 2.59. The average Bonchev–Trinajstić information content (AvgIpc) is 2.88. The van der Waals surface area contributed by atoms with E-state index in [2.05, 4.69) is 16.3 Å².